The molecular formula is C12H13BrN2O2. The fraction of sp³-hybridized carbons (Fsp3) is 0.167. The number of carbonyl (C=O) groups is 2. The quantitative estimate of drug-likeness (QED) is 0.836. The maximum absolute atomic E-state index is 10.6. The summed E-state index contributed by atoms with van der Waals surface area (Å²) in [4.78, 5) is 26.7. The van der Waals surface area contributed by atoms with Gasteiger partial charge in [-0.3, -0.25) is 9.59 Å². The van der Waals surface area contributed by atoms with Crippen LogP contribution in [-0.4, -0.2) is 21.5 Å². The Bertz CT molecular complexity index is 500. The normalized spacial score (nSPS) is 9.35. The van der Waals surface area contributed by atoms with Crippen LogP contribution in [0.2, 0.25) is 0 Å². The molecule has 2 N–H and O–H groups in total. The van der Waals surface area contributed by atoms with Gasteiger partial charge in [0.1, 0.15) is 0 Å². The SMILES string of the molecule is CC(=O)c1ccc(Br)[nH]1.CC(=O)c1ccc[nH]1. The molecule has 0 saturated carbocycles. The number of Topliss-reactive ketones (excluding diaryl/α,β-unsaturated/α-hetero) is 2. The molecule has 17 heavy (non-hydrogen) atoms. The van der Waals surface area contributed by atoms with Crippen molar-refractivity contribution in [3.63, 3.8) is 0 Å². The first-order valence-corrected chi connectivity index (χ1v) is 5.79. The lowest BCUT2D eigenvalue weighted by molar-refractivity contribution is 0.100. The van der Waals surface area contributed by atoms with Crippen molar-refractivity contribution < 1.29 is 9.59 Å². The molecule has 0 unspecified atom stereocenters. The first kappa shape index (κ1) is 13.4. The monoisotopic (exact) mass is 296 g/mol. The van der Waals surface area contributed by atoms with Gasteiger partial charge in [-0.2, -0.15) is 0 Å². The van der Waals surface area contributed by atoms with E-state index in [1.54, 1.807) is 30.5 Å². The predicted octanol–water partition coefficient (Wildman–Crippen LogP) is 3.20. The minimum atomic E-state index is 0.0562. The molecule has 0 aromatic carbocycles. The molecule has 0 atom stereocenters. The molecule has 2 heterocycles. The summed E-state index contributed by atoms with van der Waals surface area (Å²) in [6.45, 7) is 3.06. The van der Waals surface area contributed by atoms with E-state index in [1.165, 1.54) is 13.8 Å². The van der Waals surface area contributed by atoms with Gasteiger partial charge in [-0.1, -0.05) is 0 Å². The molecular weight excluding hydrogens is 284 g/mol. The van der Waals surface area contributed by atoms with E-state index in [0.717, 1.165) is 4.60 Å². The van der Waals surface area contributed by atoms with Crippen molar-refractivity contribution in [1.29, 1.82) is 0 Å². The number of aromatic nitrogens is 2. The molecule has 2 aromatic rings. The smallest absolute Gasteiger partial charge is 0.175 e. The number of nitrogens with one attached hydrogen (secondary N) is 2. The number of carbonyl (C=O) groups excluding carboxylic acids is 2. The Hall–Kier alpha value is -1.62. The summed E-state index contributed by atoms with van der Waals surface area (Å²) in [6, 6.07) is 7.10. The van der Waals surface area contributed by atoms with Gasteiger partial charge in [0.05, 0.1) is 16.0 Å². The van der Waals surface area contributed by atoms with Crippen molar-refractivity contribution in [2.45, 2.75) is 13.8 Å². The van der Waals surface area contributed by atoms with Gasteiger partial charge in [0.25, 0.3) is 0 Å². The summed E-state index contributed by atoms with van der Waals surface area (Å²) in [6.07, 6.45) is 1.73. The first-order valence-electron chi connectivity index (χ1n) is 5.00. The largest absolute Gasteiger partial charge is 0.359 e. The van der Waals surface area contributed by atoms with Crippen LogP contribution in [0.3, 0.4) is 0 Å². The molecule has 0 amide bonds. The number of hydrogen-bond acceptors (Lipinski definition) is 2. The fourth-order valence-corrected chi connectivity index (χ4v) is 1.47. The van der Waals surface area contributed by atoms with Crippen molar-refractivity contribution in [1.82, 2.24) is 9.97 Å². The Kier molecular flexibility index (Phi) is 4.90. The lowest BCUT2D eigenvalue weighted by atomic mass is 10.3. The van der Waals surface area contributed by atoms with Gasteiger partial charge in [0.15, 0.2) is 11.6 Å². The summed E-state index contributed by atoms with van der Waals surface area (Å²) >= 11 is 3.19. The highest BCUT2D eigenvalue weighted by molar-refractivity contribution is 9.10. The van der Waals surface area contributed by atoms with E-state index in [9.17, 15) is 9.59 Å². The standard InChI is InChI=1S/C6H6BrNO.C6H7NO/c1-4(9)5-2-3-6(7)8-5;1-5(8)6-3-2-4-7-6/h2-3,8H,1H3;2-4,7H,1H3. The Labute approximate surface area is 108 Å². The summed E-state index contributed by atoms with van der Waals surface area (Å²) in [7, 11) is 0. The van der Waals surface area contributed by atoms with E-state index in [4.69, 9.17) is 0 Å². The van der Waals surface area contributed by atoms with Crippen molar-refractivity contribution >= 4 is 27.5 Å². The van der Waals surface area contributed by atoms with Gasteiger partial charge in [-0.25, -0.2) is 0 Å². The highest BCUT2D eigenvalue weighted by Crippen LogP contribution is 2.08. The molecule has 2 rings (SSSR count). The predicted molar refractivity (Wildman–Crippen MR) is 69.3 cm³/mol. The fourth-order valence-electron chi connectivity index (χ4n) is 1.12. The molecule has 0 spiro atoms. The number of H-pyrrole nitrogens is 2. The van der Waals surface area contributed by atoms with E-state index in [1.807, 2.05) is 0 Å². The van der Waals surface area contributed by atoms with Crippen LogP contribution in [0.4, 0.5) is 0 Å². The third-order valence-electron chi connectivity index (χ3n) is 2.01. The Morgan fingerprint density at radius 2 is 1.71 bits per heavy atom. The van der Waals surface area contributed by atoms with Crippen molar-refractivity contribution in [3.05, 3.63) is 46.5 Å². The molecule has 0 saturated heterocycles. The van der Waals surface area contributed by atoms with Crippen LogP contribution in [0.15, 0.2) is 35.1 Å². The van der Waals surface area contributed by atoms with Gasteiger partial charge in [0.2, 0.25) is 0 Å². The van der Waals surface area contributed by atoms with Gasteiger partial charge in [-0.15, -0.1) is 0 Å². The molecule has 5 heteroatoms. The number of halogens is 1. The van der Waals surface area contributed by atoms with Crippen LogP contribution < -0.4 is 0 Å². The zero-order valence-corrected chi connectivity index (χ0v) is 11.2. The summed E-state index contributed by atoms with van der Waals surface area (Å²) < 4.78 is 0.840. The Morgan fingerprint density at radius 1 is 1.06 bits per heavy atom. The first-order chi connectivity index (χ1) is 8.00. The van der Waals surface area contributed by atoms with E-state index in [-0.39, 0.29) is 11.6 Å². The summed E-state index contributed by atoms with van der Waals surface area (Å²) in [5, 5.41) is 0. The molecule has 0 bridgehead atoms. The minimum absolute atomic E-state index is 0.0562. The average molecular weight is 297 g/mol. The second-order valence-corrected chi connectivity index (χ2v) is 4.27. The Morgan fingerprint density at radius 3 is 1.94 bits per heavy atom. The lowest BCUT2D eigenvalue weighted by Crippen LogP contribution is -1.89. The summed E-state index contributed by atoms with van der Waals surface area (Å²) in [5.74, 6) is 0.135. The molecule has 0 aliphatic heterocycles. The number of hydrogen-bond donors (Lipinski definition) is 2. The van der Waals surface area contributed by atoms with Crippen LogP contribution in [0.1, 0.15) is 34.8 Å². The van der Waals surface area contributed by atoms with Crippen LogP contribution in [0, 0.1) is 0 Å². The highest BCUT2D eigenvalue weighted by Gasteiger charge is 1.98. The lowest BCUT2D eigenvalue weighted by Gasteiger charge is -1.83. The van der Waals surface area contributed by atoms with Crippen LogP contribution >= 0.6 is 15.9 Å². The van der Waals surface area contributed by atoms with E-state index in [0.29, 0.717) is 11.4 Å². The molecule has 0 aliphatic carbocycles. The Balaban J connectivity index is 0.000000171. The van der Waals surface area contributed by atoms with Crippen LogP contribution in [0.5, 0.6) is 0 Å². The van der Waals surface area contributed by atoms with Gasteiger partial charge >= 0.3 is 0 Å². The number of rotatable bonds is 2. The highest BCUT2D eigenvalue weighted by atomic mass is 79.9. The zero-order chi connectivity index (χ0) is 12.8. The van der Waals surface area contributed by atoms with Crippen molar-refractivity contribution in [2.75, 3.05) is 0 Å². The van der Waals surface area contributed by atoms with Gasteiger partial charge in [0, 0.05) is 20.0 Å². The van der Waals surface area contributed by atoms with Crippen LogP contribution in [0.25, 0.3) is 0 Å². The number of ketones is 2. The molecule has 0 aliphatic rings. The van der Waals surface area contributed by atoms with E-state index >= 15 is 0 Å². The molecule has 2 aromatic heterocycles. The maximum atomic E-state index is 10.6. The third-order valence-corrected chi connectivity index (χ3v) is 2.47. The number of aromatic amines is 2. The molecule has 0 fully saturated rings. The molecule has 90 valence electrons. The topological polar surface area (TPSA) is 65.7 Å². The van der Waals surface area contributed by atoms with E-state index in [2.05, 4.69) is 25.9 Å². The second-order valence-electron chi connectivity index (χ2n) is 3.42. The third kappa shape index (κ3) is 4.40. The van der Waals surface area contributed by atoms with Gasteiger partial charge < -0.3 is 9.97 Å². The summed E-state index contributed by atoms with van der Waals surface area (Å²) in [5.41, 5.74) is 1.31. The molecule has 0 radical (unpaired) electrons. The second kappa shape index (κ2) is 6.20. The van der Waals surface area contributed by atoms with E-state index < -0.39 is 0 Å². The molecule has 4 nitrogen and oxygen atoms in total. The van der Waals surface area contributed by atoms with Crippen molar-refractivity contribution in [2.24, 2.45) is 0 Å². The van der Waals surface area contributed by atoms with Crippen molar-refractivity contribution in [3.8, 4) is 0 Å². The minimum Gasteiger partial charge on any atom is -0.359 e. The van der Waals surface area contributed by atoms with Crippen LogP contribution in [-0.2, 0) is 0 Å². The average Bonchev–Trinajstić information content (AvgIpc) is 2.87. The maximum Gasteiger partial charge on any atom is 0.175 e. The van der Waals surface area contributed by atoms with Gasteiger partial charge in [-0.05, 0) is 40.2 Å². The zero-order valence-electron chi connectivity index (χ0n) is 9.58.